The Morgan fingerprint density at radius 1 is 0.929 bits per heavy atom. The van der Waals surface area contributed by atoms with Crippen molar-refractivity contribution in [3.05, 3.63) is 83.9 Å². The van der Waals surface area contributed by atoms with Crippen molar-refractivity contribution in [3.63, 3.8) is 0 Å². The number of rotatable bonds is 2. The number of primary amides is 1. The number of benzene rings is 1. The van der Waals surface area contributed by atoms with Gasteiger partial charge in [0.05, 0.1) is 10.0 Å². The van der Waals surface area contributed by atoms with Crippen LogP contribution >= 0.6 is 23.2 Å². The van der Waals surface area contributed by atoms with Crippen molar-refractivity contribution >= 4 is 35.1 Å². The summed E-state index contributed by atoms with van der Waals surface area (Å²) in [6.45, 7) is 0. The van der Waals surface area contributed by atoms with Gasteiger partial charge >= 0.3 is 6.03 Å². The van der Waals surface area contributed by atoms with E-state index >= 15 is 0 Å². The minimum atomic E-state index is -0.571. The average Bonchev–Trinajstić information content (AvgIpc) is 3.44. The minimum Gasteiger partial charge on any atom is -0.364 e. The smallest absolute Gasteiger partial charge is 0.338 e. The average molecular weight is 418 g/mol. The summed E-state index contributed by atoms with van der Waals surface area (Å²) in [6.07, 6.45) is 12.2. The normalized spacial score (nSPS) is 10.2. The van der Waals surface area contributed by atoms with Gasteiger partial charge in [0.15, 0.2) is 0 Å². The Hall–Kier alpha value is -3.43. The van der Waals surface area contributed by atoms with E-state index in [4.69, 9.17) is 28.9 Å². The van der Waals surface area contributed by atoms with E-state index in [1.807, 2.05) is 0 Å². The van der Waals surface area contributed by atoms with Crippen molar-refractivity contribution in [1.82, 2.24) is 28.7 Å². The van der Waals surface area contributed by atoms with Crippen LogP contribution in [0.15, 0.2) is 68.2 Å². The summed E-state index contributed by atoms with van der Waals surface area (Å²) in [6, 6.07) is 4.92. The second-order valence-electron chi connectivity index (χ2n) is 5.35. The van der Waals surface area contributed by atoms with E-state index in [0.29, 0.717) is 10.0 Å². The number of imidazole rings is 3. The fourth-order valence-corrected chi connectivity index (χ4v) is 2.41. The maximum absolute atomic E-state index is 11.4. The molecule has 0 saturated heterocycles. The number of carbonyl (C=O) groups is 2. The Labute approximate surface area is 169 Å². The van der Waals surface area contributed by atoms with Gasteiger partial charge in [-0.1, -0.05) is 23.2 Å². The molecule has 4 aromatic rings. The van der Waals surface area contributed by atoms with Crippen molar-refractivity contribution in [1.29, 1.82) is 0 Å². The molecule has 0 aliphatic rings. The van der Waals surface area contributed by atoms with Crippen LogP contribution in [0.5, 0.6) is 0 Å². The summed E-state index contributed by atoms with van der Waals surface area (Å²) in [5.41, 5.74) is 6.06. The third-order valence-corrected chi connectivity index (χ3v) is 4.23. The van der Waals surface area contributed by atoms with Crippen LogP contribution in [0.25, 0.3) is 5.69 Å². The topological polar surface area (TPSA) is 114 Å². The molecule has 0 bridgehead atoms. The molecule has 0 radical (unpaired) electrons. The van der Waals surface area contributed by atoms with Crippen LogP contribution in [0.4, 0.5) is 4.79 Å². The van der Waals surface area contributed by atoms with Crippen LogP contribution in [0.2, 0.25) is 10.0 Å². The molecule has 9 nitrogen and oxygen atoms in total. The number of hydrogen-bond donors (Lipinski definition) is 1. The summed E-state index contributed by atoms with van der Waals surface area (Å²) in [7, 11) is 0. The Balaban J connectivity index is 0.000000167. The predicted octanol–water partition coefficient (Wildman–Crippen LogP) is 2.87. The predicted molar refractivity (Wildman–Crippen MR) is 103 cm³/mol. The molecule has 1 amide bonds. The highest BCUT2D eigenvalue weighted by atomic mass is 35.5. The first kappa shape index (κ1) is 19.3. The fraction of sp³-hybridized carbons (Fsp3) is 0. The molecule has 3 heterocycles. The van der Waals surface area contributed by atoms with E-state index in [9.17, 15) is 9.59 Å². The number of amides is 1. The first-order valence-corrected chi connectivity index (χ1v) is 8.51. The highest BCUT2D eigenvalue weighted by Crippen LogP contribution is 2.24. The maximum atomic E-state index is 11.4. The van der Waals surface area contributed by atoms with Crippen LogP contribution in [-0.4, -0.2) is 40.6 Å². The van der Waals surface area contributed by atoms with Gasteiger partial charge < -0.3 is 10.3 Å². The summed E-state index contributed by atoms with van der Waals surface area (Å²) >= 11 is 11.7. The molecule has 0 aliphatic carbocycles. The van der Waals surface area contributed by atoms with Gasteiger partial charge in [-0.15, -0.1) is 0 Å². The Morgan fingerprint density at radius 2 is 1.57 bits per heavy atom. The van der Waals surface area contributed by atoms with Crippen LogP contribution in [0, 0.1) is 0 Å². The lowest BCUT2D eigenvalue weighted by atomic mass is 10.3. The van der Waals surface area contributed by atoms with Gasteiger partial charge in [-0.3, -0.25) is 13.9 Å². The third kappa shape index (κ3) is 4.45. The molecule has 0 aliphatic heterocycles. The lowest BCUT2D eigenvalue weighted by Gasteiger charge is -2.02. The fourth-order valence-electron chi connectivity index (χ4n) is 2.11. The van der Waals surface area contributed by atoms with Gasteiger partial charge in [0, 0.05) is 36.7 Å². The second kappa shape index (κ2) is 8.51. The monoisotopic (exact) mass is 417 g/mol. The number of aromatic nitrogens is 6. The van der Waals surface area contributed by atoms with Crippen LogP contribution in [-0.2, 0) is 0 Å². The van der Waals surface area contributed by atoms with Crippen LogP contribution in [0.1, 0.15) is 10.5 Å². The summed E-state index contributed by atoms with van der Waals surface area (Å²) in [4.78, 5) is 33.7. The van der Waals surface area contributed by atoms with Gasteiger partial charge in [0.2, 0.25) is 0 Å². The van der Waals surface area contributed by atoms with E-state index < -0.39 is 5.91 Å². The molecule has 0 unspecified atom stereocenters. The van der Waals surface area contributed by atoms with E-state index in [1.165, 1.54) is 34.3 Å². The molecule has 4 rings (SSSR count). The largest absolute Gasteiger partial charge is 0.364 e. The molecule has 0 atom stereocenters. The van der Waals surface area contributed by atoms with E-state index in [1.54, 1.807) is 47.6 Å². The maximum Gasteiger partial charge on any atom is 0.338 e. The summed E-state index contributed by atoms with van der Waals surface area (Å²) in [5, 5.41) is 0.911. The van der Waals surface area contributed by atoms with E-state index in [2.05, 4.69) is 15.0 Å². The molecule has 2 N–H and O–H groups in total. The standard InChI is InChI=1S/C10H7Cl2N3O.C7H6N4O/c11-7-2-1-6(3-8(7)12)15-4-9(10(13)16)14-5-15;12-7(10-3-1-8-5-10)11-4-2-9-6-11/h1-5H,(H2,13,16);1-6H. The molecule has 0 spiro atoms. The molecule has 11 heteroatoms. The van der Waals surface area contributed by atoms with Gasteiger partial charge in [-0.25, -0.2) is 19.7 Å². The zero-order valence-electron chi connectivity index (χ0n) is 14.2. The second-order valence-corrected chi connectivity index (χ2v) is 6.17. The highest BCUT2D eigenvalue weighted by Gasteiger charge is 2.07. The highest BCUT2D eigenvalue weighted by molar-refractivity contribution is 6.42. The van der Waals surface area contributed by atoms with Crippen molar-refractivity contribution in [2.45, 2.75) is 0 Å². The van der Waals surface area contributed by atoms with E-state index in [0.717, 1.165) is 5.69 Å². The molecule has 142 valence electrons. The SMILES string of the molecule is NC(=O)c1cn(-c2ccc(Cl)c(Cl)c2)cn1.O=C(n1ccnc1)n1ccnc1. The lowest BCUT2D eigenvalue weighted by Crippen LogP contribution is -2.15. The Morgan fingerprint density at radius 3 is 2.04 bits per heavy atom. The van der Waals surface area contributed by atoms with Crippen molar-refractivity contribution in [2.75, 3.05) is 0 Å². The number of hydrogen-bond acceptors (Lipinski definition) is 5. The zero-order chi connectivity index (χ0) is 20.1. The lowest BCUT2D eigenvalue weighted by molar-refractivity contribution is 0.0996. The molecule has 0 saturated carbocycles. The molecule has 0 fully saturated rings. The number of nitrogens with two attached hydrogens (primary N) is 1. The molecular formula is C17H13Cl2N7O2. The van der Waals surface area contributed by atoms with Crippen molar-refractivity contribution in [3.8, 4) is 5.69 Å². The number of carbonyl (C=O) groups excluding carboxylic acids is 2. The van der Waals surface area contributed by atoms with Gasteiger partial charge in [0.1, 0.15) is 24.7 Å². The third-order valence-electron chi connectivity index (χ3n) is 3.49. The quantitative estimate of drug-likeness (QED) is 0.538. The molecular weight excluding hydrogens is 405 g/mol. The van der Waals surface area contributed by atoms with Crippen molar-refractivity contribution in [2.24, 2.45) is 5.73 Å². The van der Waals surface area contributed by atoms with Crippen LogP contribution in [0.3, 0.4) is 0 Å². The Bertz CT molecular complexity index is 1050. The summed E-state index contributed by atoms with van der Waals surface area (Å²) in [5.74, 6) is -0.571. The van der Waals surface area contributed by atoms with E-state index in [-0.39, 0.29) is 11.7 Å². The Kier molecular flexibility index (Phi) is 5.87. The van der Waals surface area contributed by atoms with Gasteiger partial charge in [0.25, 0.3) is 5.91 Å². The van der Waals surface area contributed by atoms with Crippen LogP contribution < -0.4 is 5.73 Å². The zero-order valence-corrected chi connectivity index (χ0v) is 15.7. The minimum absolute atomic E-state index is 0.190. The first-order chi connectivity index (χ1) is 13.5. The molecule has 28 heavy (non-hydrogen) atoms. The van der Waals surface area contributed by atoms with Crippen molar-refractivity contribution < 1.29 is 9.59 Å². The number of nitrogens with zero attached hydrogens (tertiary/aromatic N) is 6. The van der Waals surface area contributed by atoms with Gasteiger partial charge in [-0.2, -0.15) is 0 Å². The first-order valence-electron chi connectivity index (χ1n) is 7.75. The molecule has 1 aromatic carbocycles. The molecule has 3 aromatic heterocycles. The number of halogens is 2. The summed E-state index contributed by atoms with van der Waals surface area (Å²) < 4.78 is 4.39. The van der Waals surface area contributed by atoms with Gasteiger partial charge in [-0.05, 0) is 18.2 Å².